The van der Waals surface area contributed by atoms with Crippen molar-refractivity contribution in [2.75, 3.05) is 22.8 Å². The van der Waals surface area contributed by atoms with Crippen LogP contribution in [0.5, 0.6) is 5.75 Å². The Bertz CT molecular complexity index is 1020. The SMILES string of the molecule is CCCCc1ccc(NS(=O)(=O)c2ccc3c(c2)N(CC(=O)O)C(=O)CO3)cc1. The van der Waals surface area contributed by atoms with Gasteiger partial charge in [-0.2, -0.15) is 0 Å². The predicted molar refractivity (Wildman–Crippen MR) is 108 cm³/mol. The van der Waals surface area contributed by atoms with Crippen LogP contribution < -0.4 is 14.4 Å². The Labute approximate surface area is 169 Å². The largest absolute Gasteiger partial charge is 0.482 e. The Morgan fingerprint density at radius 3 is 2.59 bits per heavy atom. The van der Waals surface area contributed by atoms with Crippen molar-refractivity contribution in [1.29, 1.82) is 0 Å². The first-order valence-electron chi connectivity index (χ1n) is 9.21. The highest BCUT2D eigenvalue weighted by Gasteiger charge is 2.29. The Kier molecular flexibility index (Phi) is 6.07. The molecule has 1 aliphatic rings. The summed E-state index contributed by atoms with van der Waals surface area (Å²) in [6, 6.07) is 11.2. The number of sulfonamides is 1. The second kappa shape index (κ2) is 8.52. The summed E-state index contributed by atoms with van der Waals surface area (Å²) < 4.78 is 33.3. The van der Waals surface area contributed by atoms with Gasteiger partial charge < -0.3 is 9.84 Å². The molecule has 1 aliphatic heterocycles. The van der Waals surface area contributed by atoms with E-state index < -0.39 is 28.4 Å². The number of ether oxygens (including phenoxy) is 1. The number of hydrogen-bond acceptors (Lipinski definition) is 5. The van der Waals surface area contributed by atoms with Crippen LogP contribution >= 0.6 is 0 Å². The van der Waals surface area contributed by atoms with Crippen LogP contribution in [0.4, 0.5) is 11.4 Å². The lowest BCUT2D eigenvalue weighted by Crippen LogP contribution is -2.42. The predicted octanol–water partition coefficient (Wildman–Crippen LogP) is 2.64. The molecule has 154 valence electrons. The van der Waals surface area contributed by atoms with Crippen molar-refractivity contribution in [3.8, 4) is 5.75 Å². The van der Waals surface area contributed by atoms with Crippen LogP contribution in [-0.2, 0) is 26.0 Å². The summed E-state index contributed by atoms with van der Waals surface area (Å²) in [4.78, 5) is 24.0. The maximum absolute atomic E-state index is 12.8. The van der Waals surface area contributed by atoms with Crippen LogP contribution in [0.1, 0.15) is 25.3 Å². The Hall–Kier alpha value is -3.07. The minimum atomic E-state index is -3.94. The van der Waals surface area contributed by atoms with Gasteiger partial charge >= 0.3 is 5.97 Å². The minimum absolute atomic E-state index is 0.0972. The molecule has 0 aromatic heterocycles. The zero-order valence-electron chi connectivity index (χ0n) is 15.9. The number of carboxylic acids is 1. The van der Waals surface area contributed by atoms with E-state index in [0.29, 0.717) is 5.69 Å². The number of rotatable bonds is 8. The lowest BCUT2D eigenvalue weighted by atomic mass is 10.1. The number of carbonyl (C=O) groups is 2. The summed E-state index contributed by atoms with van der Waals surface area (Å²) in [6.45, 7) is 1.23. The topological polar surface area (TPSA) is 113 Å². The van der Waals surface area contributed by atoms with Gasteiger partial charge in [0.2, 0.25) is 0 Å². The standard InChI is InChI=1S/C20H22N2O6S/c1-2-3-4-14-5-7-15(8-6-14)21-29(26,27)16-9-10-18-17(11-16)22(12-20(24)25)19(23)13-28-18/h5-11,21H,2-4,12-13H2,1H3,(H,24,25). The zero-order chi connectivity index (χ0) is 21.0. The van der Waals surface area contributed by atoms with E-state index in [1.165, 1.54) is 18.2 Å². The molecule has 2 N–H and O–H groups in total. The zero-order valence-corrected chi connectivity index (χ0v) is 16.7. The summed E-state index contributed by atoms with van der Waals surface area (Å²) in [6.07, 6.45) is 3.08. The van der Waals surface area contributed by atoms with Gasteiger partial charge in [0, 0.05) is 5.69 Å². The van der Waals surface area contributed by atoms with E-state index in [9.17, 15) is 18.0 Å². The highest BCUT2D eigenvalue weighted by atomic mass is 32.2. The number of aryl methyl sites for hydroxylation is 1. The molecule has 2 aromatic carbocycles. The van der Waals surface area contributed by atoms with E-state index in [-0.39, 0.29) is 22.9 Å². The number of carbonyl (C=O) groups excluding carboxylic acids is 1. The van der Waals surface area contributed by atoms with Crippen molar-refractivity contribution in [2.45, 2.75) is 31.1 Å². The van der Waals surface area contributed by atoms with Gasteiger partial charge in [-0.3, -0.25) is 19.2 Å². The van der Waals surface area contributed by atoms with Crippen LogP contribution in [-0.4, -0.2) is 38.6 Å². The van der Waals surface area contributed by atoms with Gasteiger partial charge in [0.1, 0.15) is 12.3 Å². The third kappa shape index (κ3) is 4.86. The van der Waals surface area contributed by atoms with Crippen molar-refractivity contribution in [3.05, 3.63) is 48.0 Å². The third-order valence-corrected chi connectivity index (χ3v) is 5.88. The molecule has 0 saturated heterocycles. The Morgan fingerprint density at radius 1 is 1.21 bits per heavy atom. The molecule has 0 fully saturated rings. The molecule has 9 heteroatoms. The molecule has 0 bridgehead atoms. The average Bonchev–Trinajstić information content (AvgIpc) is 2.69. The van der Waals surface area contributed by atoms with Gasteiger partial charge in [-0.05, 0) is 48.7 Å². The molecule has 0 radical (unpaired) electrons. The van der Waals surface area contributed by atoms with Gasteiger partial charge in [-0.25, -0.2) is 8.42 Å². The van der Waals surface area contributed by atoms with E-state index in [4.69, 9.17) is 9.84 Å². The fourth-order valence-corrected chi connectivity index (χ4v) is 4.07. The summed E-state index contributed by atoms with van der Waals surface area (Å²) in [5.74, 6) is -1.50. The number of hydrogen-bond donors (Lipinski definition) is 2. The second-order valence-electron chi connectivity index (χ2n) is 6.70. The molecule has 0 unspecified atom stereocenters. The number of anilines is 2. The highest BCUT2D eigenvalue weighted by molar-refractivity contribution is 7.92. The number of unbranched alkanes of at least 4 members (excludes halogenated alkanes) is 1. The average molecular weight is 418 g/mol. The molecule has 0 saturated carbocycles. The molecule has 3 rings (SSSR count). The summed E-state index contributed by atoms with van der Waals surface area (Å²) >= 11 is 0. The number of benzene rings is 2. The lowest BCUT2D eigenvalue weighted by molar-refractivity contribution is -0.137. The number of nitrogens with one attached hydrogen (secondary N) is 1. The first kappa shape index (κ1) is 20.7. The summed E-state index contributed by atoms with van der Waals surface area (Å²) in [5, 5.41) is 9.04. The molecular formula is C20H22N2O6S. The minimum Gasteiger partial charge on any atom is -0.482 e. The first-order valence-corrected chi connectivity index (χ1v) is 10.7. The fraction of sp³-hybridized carbons (Fsp3) is 0.300. The summed E-state index contributed by atoms with van der Waals surface area (Å²) in [5.41, 5.74) is 1.66. The molecule has 29 heavy (non-hydrogen) atoms. The lowest BCUT2D eigenvalue weighted by Gasteiger charge is -2.28. The van der Waals surface area contributed by atoms with Crippen LogP contribution in [0.15, 0.2) is 47.4 Å². The monoisotopic (exact) mass is 418 g/mol. The number of aliphatic carboxylic acids is 1. The van der Waals surface area contributed by atoms with Crippen molar-refractivity contribution >= 4 is 33.3 Å². The third-order valence-electron chi connectivity index (χ3n) is 4.50. The van der Waals surface area contributed by atoms with Crippen molar-refractivity contribution in [2.24, 2.45) is 0 Å². The molecule has 1 amide bonds. The molecule has 0 aliphatic carbocycles. The van der Waals surface area contributed by atoms with Gasteiger partial charge in [-0.1, -0.05) is 25.5 Å². The molecular weight excluding hydrogens is 396 g/mol. The quantitative estimate of drug-likeness (QED) is 0.681. The fourth-order valence-electron chi connectivity index (χ4n) is 2.99. The maximum atomic E-state index is 12.8. The second-order valence-corrected chi connectivity index (χ2v) is 8.38. The van der Waals surface area contributed by atoms with Gasteiger partial charge in [0.25, 0.3) is 15.9 Å². The van der Waals surface area contributed by atoms with Crippen LogP contribution in [0.2, 0.25) is 0 Å². The maximum Gasteiger partial charge on any atom is 0.323 e. The number of nitrogens with zero attached hydrogens (tertiary/aromatic N) is 1. The molecule has 1 heterocycles. The van der Waals surface area contributed by atoms with Crippen LogP contribution in [0.3, 0.4) is 0 Å². The van der Waals surface area contributed by atoms with E-state index >= 15 is 0 Å². The molecule has 8 nitrogen and oxygen atoms in total. The first-order chi connectivity index (χ1) is 13.8. The Balaban J connectivity index is 1.85. The molecule has 0 atom stereocenters. The van der Waals surface area contributed by atoms with Gasteiger partial charge in [0.15, 0.2) is 6.61 Å². The van der Waals surface area contributed by atoms with Crippen LogP contribution in [0, 0.1) is 0 Å². The summed E-state index contributed by atoms with van der Waals surface area (Å²) in [7, 11) is -3.94. The number of carboxylic acid groups (broad SMARTS) is 1. The van der Waals surface area contributed by atoms with Crippen molar-refractivity contribution in [1.82, 2.24) is 0 Å². The highest BCUT2D eigenvalue weighted by Crippen LogP contribution is 2.34. The van der Waals surface area contributed by atoms with Gasteiger partial charge in [0.05, 0.1) is 10.6 Å². The number of amides is 1. The van der Waals surface area contributed by atoms with E-state index in [1.807, 2.05) is 12.1 Å². The molecule has 0 spiro atoms. The van der Waals surface area contributed by atoms with Crippen molar-refractivity contribution in [3.63, 3.8) is 0 Å². The Morgan fingerprint density at radius 2 is 1.93 bits per heavy atom. The normalized spacial score (nSPS) is 13.6. The smallest absolute Gasteiger partial charge is 0.323 e. The van der Waals surface area contributed by atoms with Gasteiger partial charge in [-0.15, -0.1) is 0 Å². The number of fused-ring (bicyclic) bond motifs is 1. The van der Waals surface area contributed by atoms with Crippen molar-refractivity contribution < 1.29 is 27.9 Å². The molecule has 2 aromatic rings. The van der Waals surface area contributed by atoms with E-state index in [2.05, 4.69) is 11.6 Å². The van der Waals surface area contributed by atoms with Crippen LogP contribution in [0.25, 0.3) is 0 Å². The van der Waals surface area contributed by atoms with E-state index in [0.717, 1.165) is 29.7 Å². The van der Waals surface area contributed by atoms with E-state index in [1.54, 1.807) is 12.1 Å².